The lowest BCUT2D eigenvalue weighted by atomic mass is 9.72. The van der Waals surface area contributed by atoms with Crippen molar-refractivity contribution in [2.45, 2.75) is 32.5 Å². The Kier molecular flexibility index (Phi) is 5.03. The van der Waals surface area contributed by atoms with E-state index >= 15 is 0 Å². The smallest absolute Gasteiger partial charge is 0.339 e. The van der Waals surface area contributed by atoms with Crippen LogP contribution in [0.2, 0.25) is 0 Å². The van der Waals surface area contributed by atoms with Crippen LogP contribution in [-0.4, -0.2) is 59.0 Å². The van der Waals surface area contributed by atoms with Crippen molar-refractivity contribution < 1.29 is 29.3 Å². The summed E-state index contributed by atoms with van der Waals surface area (Å²) in [5, 5.41) is 21.5. The molecule has 0 bridgehead atoms. The van der Waals surface area contributed by atoms with Crippen LogP contribution in [0.4, 0.5) is 5.69 Å². The first kappa shape index (κ1) is 20.0. The number of aromatic nitrogens is 1. The first-order valence-electron chi connectivity index (χ1n) is 8.93. The van der Waals surface area contributed by atoms with E-state index in [9.17, 15) is 19.8 Å². The zero-order valence-corrected chi connectivity index (χ0v) is 16.3. The van der Waals surface area contributed by atoms with E-state index in [1.54, 1.807) is 39.0 Å². The molecule has 0 saturated carbocycles. The van der Waals surface area contributed by atoms with E-state index in [-0.39, 0.29) is 13.2 Å². The van der Waals surface area contributed by atoms with Crippen LogP contribution < -0.4 is 9.64 Å². The molecule has 1 aliphatic heterocycles. The standard InChI is InChI=1S/C20H24N2O6/c1-19(2,3)20(26,18(24)25)16-17(23)22(9-10-28-16)13-7-5-12-6-8-15(27-4)21-14(12)11-13/h5-8,11,16,26H,9-10H2,1-4H3,(H,24,25)/t16-,20+/m0/s1. The van der Waals surface area contributed by atoms with Gasteiger partial charge in [-0.1, -0.05) is 26.8 Å². The van der Waals surface area contributed by atoms with Gasteiger partial charge in [-0.05, 0) is 18.2 Å². The van der Waals surface area contributed by atoms with Crippen molar-refractivity contribution in [3.63, 3.8) is 0 Å². The number of benzene rings is 1. The minimum atomic E-state index is -2.37. The van der Waals surface area contributed by atoms with Crippen LogP contribution in [0.5, 0.6) is 5.88 Å². The van der Waals surface area contributed by atoms with E-state index in [0.29, 0.717) is 17.1 Å². The van der Waals surface area contributed by atoms with Gasteiger partial charge in [0.25, 0.3) is 5.91 Å². The Morgan fingerprint density at radius 2 is 1.96 bits per heavy atom. The molecule has 1 saturated heterocycles. The first-order valence-corrected chi connectivity index (χ1v) is 8.93. The van der Waals surface area contributed by atoms with Gasteiger partial charge in [-0.15, -0.1) is 0 Å². The lowest BCUT2D eigenvalue weighted by Gasteiger charge is -2.44. The Bertz CT molecular complexity index is 923. The van der Waals surface area contributed by atoms with Crippen LogP contribution in [0.15, 0.2) is 30.3 Å². The molecule has 28 heavy (non-hydrogen) atoms. The molecule has 1 aromatic carbocycles. The Balaban J connectivity index is 2.00. The van der Waals surface area contributed by atoms with Crippen LogP contribution in [0, 0.1) is 5.41 Å². The van der Waals surface area contributed by atoms with Gasteiger partial charge in [-0.3, -0.25) is 4.79 Å². The molecule has 2 atom stereocenters. The molecule has 0 radical (unpaired) electrons. The molecule has 1 fully saturated rings. The van der Waals surface area contributed by atoms with Crippen LogP contribution >= 0.6 is 0 Å². The number of hydrogen-bond donors (Lipinski definition) is 2. The van der Waals surface area contributed by atoms with Gasteiger partial charge in [-0.25, -0.2) is 9.78 Å². The summed E-state index contributed by atoms with van der Waals surface area (Å²) in [5.74, 6) is -1.65. The second kappa shape index (κ2) is 7.03. The van der Waals surface area contributed by atoms with Gasteiger partial charge in [0, 0.05) is 29.1 Å². The average Bonchev–Trinajstić information content (AvgIpc) is 2.65. The topological polar surface area (TPSA) is 109 Å². The number of methoxy groups -OCH3 is 1. The fourth-order valence-electron chi connectivity index (χ4n) is 3.34. The molecule has 8 nitrogen and oxygen atoms in total. The molecule has 150 valence electrons. The number of ether oxygens (including phenoxy) is 2. The summed E-state index contributed by atoms with van der Waals surface area (Å²) >= 11 is 0. The molecule has 2 aromatic rings. The van der Waals surface area contributed by atoms with E-state index in [0.717, 1.165) is 5.39 Å². The number of fused-ring (bicyclic) bond motifs is 1. The molecule has 3 rings (SSSR count). The number of carboxylic acids is 1. The number of anilines is 1. The largest absolute Gasteiger partial charge is 0.481 e. The van der Waals surface area contributed by atoms with Crippen molar-refractivity contribution in [3.05, 3.63) is 30.3 Å². The van der Waals surface area contributed by atoms with Crippen LogP contribution in [0.25, 0.3) is 10.9 Å². The fraction of sp³-hybridized carbons (Fsp3) is 0.450. The number of hydrogen-bond acceptors (Lipinski definition) is 6. The summed E-state index contributed by atoms with van der Waals surface area (Å²) in [4.78, 5) is 30.8. The number of carbonyl (C=O) groups excluding carboxylic acids is 1. The van der Waals surface area contributed by atoms with Gasteiger partial charge in [-0.2, -0.15) is 0 Å². The second-order valence-electron chi connectivity index (χ2n) is 7.79. The summed E-state index contributed by atoms with van der Waals surface area (Å²) in [6, 6.07) is 8.91. The van der Waals surface area contributed by atoms with Crippen molar-refractivity contribution in [2.24, 2.45) is 5.41 Å². The Hall–Kier alpha value is -2.71. The van der Waals surface area contributed by atoms with Crippen molar-refractivity contribution in [2.75, 3.05) is 25.2 Å². The highest BCUT2D eigenvalue weighted by Gasteiger charge is 2.58. The van der Waals surface area contributed by atoms with Crippen LogP contribution in [0.1, 0.15) is 20.8 Å². The molecule has 0 unspecified atom stereocenters. The summed E-state index contributed by atoms with van der Waals surface area (Å²) in [7, 11) is 1.52. The quantitative estimate of drug-likeness (QED) is 0.822. The number of morpholine rings is 1. The summed E-state index contributed by atoms with van der Waals surface area (Å²) < 4.78 is 10.6. The number of pyridine rings is 1. The van der Waals surface area contributed by atoms with E-state index in [1.807, 2.05) is 12.1 Å². The summed E-state index contributed by atoms with van der Waals surface area (Å²) in [5.41, 5.74) is -2.31. The van der Waals surface area contributed by atoms with Crippen molar-refractivity contribution in [3.8, 4) is 5.88 Å². The van der Waals surface area contributed by atoms with Gasteiger partial charge in [0.1, 0.15) is 0 Å². The van der Waals surface area contributed by atoms with Gasteiger partial charge < -0.3 is 24.6 Å². The van der Waals surface area contributed by atoms with Crippen molar-refractivity contribution >= 4 is 28.5 Å². The number of carboxylic acid groups (broad SMARTS) is 1. The Morgan fingerprint density at radius 3 is 2.57 bits per heavy atom. The number of aliphatic carboxylic acids is 1. The Labute approximate surface area is 162 Å². The van der Waals surface area contributed by atoms with Crippen molar-refractivity contribution in [1.29, 1.82) is 0 Å². The maximum atomic E-state index is 13.1. The number of nitrogens with zero attached hydrogens (tertiary/aromatic N) is 2. The fourth-order valence-corrected chi connectivity index (χ4v) is 3.34. The monoisotopic (exact) mass is 388 g/mol. The highest BCUT2D eigenvalue weighted by atomic mass is 16.5. The van der Waals surface area contributed by atoms with Crippen molar-refractivity contribution in [1.82, 2.24) is 4.98 Å². The molecule has 1 aliphatic rings. The normalized spacial score (nSPS) is 20.1. The second-order valence-corrected chi connectivity index (χ2v) is 7.79. The molecule has 0 aliphatic carbocycles. The highest BCUT2D eigenvalue weighted by Crippen LogP contribution is 2.38. The van der Waals surface area contributed by atoms with Crippen LogP contribution in [-0.2, 0) is 14.3 Å². The molecule has 2 N–H and O–H groups in total. The lowest BCUT2D eigenvalue weighted by Crippen LogP contribution is -2.66. The average molecular weight is 388 g/mol. The minimum Gasteiger partial charge on any atom is -0.481 e. The zero-order chi connectivity index (χ0) is 20.7. The predicted octanol–water partition coefficient (Wildman–Crippen LogP) is 1.84. The minimum absolute atomic E-state index is 0.103. The molecule has 0 spiro atoms. The van der Waals surface area contributed by atoms with Crippen LogP contribution in [0.3, 0.4) is 0 Å². The molecule has 1 amide bonds. The third-order valence-corrected chi connectivity index (χ3v) is 5.11. The maximum Gasteiger partial charge on any atom is 0.339 e. The van der Waals surface area contributed by atoms with Gasteiger partial charge in [0.05, 0.1) is 19.2 Å². The summed E-state index contributed by atoms with van der Waals surface area (Å²) in [6.45, 7) is 5.02. The summed E-state index contributed by atoms with van der Waals surface area (Å²) in [6.07, 6.45) is -1.52. The van der Waals surface area contributed by atoms with Gasteiger partial charge >= 0.3 is 5.97 Å². The first-order chi connectivity index (χ1) is 13.1. The molecular weight excluding hydrogens is 364 g/mol. The SMILES string of the molecule is COc1ccc2ccc(N3CCO[C@H]([C@@](O)(C(=O)O)C(C)(C)C)C3=O)cc2n1. The zero-order valence-electron chi connectivity index (χ0n) is 16.3. The molecule has 1 aromatic heterocycles. The number of amides is 1. The molecule has 8 heteroatoms. The van der Waals surface area contributed by atoms with Gasteiger partial charge in [0.15, 0.2) is 6.10 Å². The van der Waals surface area contributed by atoms with Gasteiger partial charge in [0.2, 0.25) is 11.5 Å². The van der Waals surface area contributed by atoms with E-state index < -0.39 is 29.0 Å². The molecule has 2 heterocycles. The third kappa shape index (κ3) is 3.18. The third-order valence-electron chi connectivity index (χ3n) is 5.11. The number of carbonyl (C=O) groups is 2. The maximum absolute atomic E-state index is 13.1. The lowest BCUT2D eigenvalue weighted by molar-refractivity contribution is -0.203. The molecular formula is C20H24N2O6. The van der Waals surface area contributed by atoms with E-state index in [2.05, 4.69) is 4.98 Å². The Morgan fingerprint density at radius 1 is 1.29 bits per heavy atom. The highest BCUT2D eigenvalue weighted by molar-refractivity contribution is 6.02. The predicted molar refractivity (Wildman–Crippen MR) is 102 cm³/mol. The number of rotatable bonds is 4. The van der Waals surface area contributed by atoms with E-state index in [1.165, 1.54) is 12.0 Å². The number of aliphatic hydroxyl groups is 1. The van der Waals surface area contributed by atoms with E-state index in [4.69, 9.17) is 9.47 Å².